The van der Waals surface area contributed by atoms with E-state index >= 15 is 0 Å². The van der Waals surface area contributed by atoms with Crippen LogP contribution in [0.5, 0.6) is 5.75 Å². The second kappa shape index (κ2) is 8.29. The van der Waals surface area contributed by atoms with E-state index in [9.17, 15) is 14.4 Å². The van der Waals surface area contributed by atoms with E-state index in [1.807, 2.05) is 6.07 Å². The number of carbonyl (C=O) groups excluding carboxylic acids is 3. The lowest BCUT2D eigenvalue weighted by molar-refractivity contribution is -0.123. The van der Waals surface area contributed by atoms with E-state index in [0.29, 0.717) is 29.5 Å². The fourth-order valence-corrected chi connectivity index (χ4v) is 2.40. The van der Waals surface area contributed by atoms with Crippen LogP contribution in [0, 0.1) is 0 Å². The predicted octanol–water partition coefficient (Wildman–Crippen LogP) is 2.09. The average molecular weight is 352 g/mol. The number of amides is 2. The molecule has 1 fully saturated rings. The van der Waals surface area contributed by atoms with Crippen molar-refractivity contribution in [3.63, 3.8) is 0 Å². The molecule has 2 aromatic carbocycles. The number of nitrogens with one attached hydrogen (secondary N) is 2. The minimum atomic E-state index is -0.283. The fourth-order valence-electron chi connectivity index (χ4n) is 2.40. The first kappa shape index (κ1) is 17.7. The van der Waals surface area contributed by atoms with Crippen molar-refractivity contribution in [2.75, 3.05) is 6.61 Å². The van der Waals surface area contributed by atoms with Crippen LogP contribution in [0.25, 0.3) is 0 Å². The summed E-state index contributed by atoms with van der Waals surface area (Å²) in [5.74, 6) is 0.0944. The number of ether oxygens (including phenoxy) is 1. The first-order valence-corrected chi connectivity index (χ1v) is 8.48. The van der Waals surface area contributed by atoms with Gasteiger partial charge in [-0.15, -0.1) is 0 Å². The van der Waals surface area contributed by atoms with E-state index in [2.05, 4.69) is 10.6 Å². The Morgan fingerprint density at radius 1 is 1.12 bits per heavy atom. The number of rotatable bonds is 8. The van der Waals surface area contributed by atoms with Crippen molar-refractivity contribution in [2.45, 2.75) is 25.4 Å². The molecule has 0 aliphatic heterocycles. The molecule has 2 N–H and O–H groups in total. The zero-order valence-corrected chi connectivity index (χ0v) is 14.2. The second-order valence-electron chi connectivity index (χ2n) is 6.20. The molecule has 2 amide bonds. The van der Waals surface area contributed by atoms with Gasteiger partial charge in [-0.25, -0.2) is 0 Å². The Hall–Kier alpha value is -3.15. The van der Waals surface area contributed by atoms with Gasteiger partial charge in [0.2, 0.25) is 0 Å². The van der Waals surface area contributed by atoms with E-state index < -0.39 is 0 Å². The number of hydrogen-bond acceptors (Lipinski definition) is 4. The normalized spacial score (nSPS) is 12.9. The third-order valence-corrected chi connectivity index (χ3v) is 3.96. The fraction of sp³-hybridized carbons (Fsp3) is 0.250. The molecule has 0 spiro atoms. The smallest absolute Gasteiger partial charge is 0.258 e. The highest BCUT2D eigenvalue weighted by molar-refractivity contribution is 5.94. The third-order valence-electron chi connectivity index (χ3n) is 3.96. The Kier molecular flexibility index (Phi) is 5.63. The summed E-state index contributed by atoms with van der Waals surface area (Å²) in [5, 5.41) is 5.69. The molecule has 1 aliphatic carbocycles. The van der Waals surface area contributed by atoms with Crippen LogP contribution in [-0.4, -0.2) is 30.7 Å². The van der Waals surface area contributed by atoms with Gasteiger partial charge in [-0.1, -0.05) is 24.3 Å². The molecule has 0 unspecified atom stereocenters. The van der Waals surface area contributed by atoms with E-state index in [4.69, 9.17) is 4.74 Å². The molecule has 1 saturated carbocycles. The zero-order valence-electron chi connectivity index (χ0n) is 14.2. The van der Waals surface area contributed by atoms with Crippen molar-refractivity contribution in [2.24, 2.45) is 0 Å². The summed E-state index contributed by atoms with van der Waals surface area (Å²) in [6.07, 6.45) is 2.80. The number of aldehydes is 1. The maximum Gasteiger partial charge on any atom is 0.258 e. The van der Waals surface area contributed by atoms with Gasteiger partial charge < -0.3 is 15.4 Å². The molecular formula is C20H20N2O4. The molecule has 134 valence electrons. The number of carbonyl (C=O) groups is 3. The molecule has 0 saturated heterocycles. The summed E-state index contributed by atoms with van der Waals surface area (Å²) in [7, 11) is 0. The second-order valence-corrected chi connectivity index (χ2v) is 6.20. The summed E-state index contributed by atoms with van der Waals surface area (Å²) >= 11 is 0. The maximum absolute atomic E-state index is 12.1. The molecule has 3 rings (SSSR count). The van der Waals surface area contributed by atoms with Gasteiger partial charge in [0.05, 0.1) is 0 Å². The van der Waals surface area contributed by atoms with Gasteiger partial charge in [-0.3, -0.25) is 14.4 Å². The van der Waals surface area contributed by atoms with Crippen LogP contribution < -0.4 is 15.4 Å². The molecule has 0 radical (unpaired) electrons. The van der Waals surface area contributed by atoms with Crippen LogP contribution in [-0.2, 0) is 11.3 Å². The Morgan fingerprint density at radius 3 is 2.69 bits per heavy atom. The van der Waals surface area contributed by atoms with Gasteiger partial charge in [0, 0.05) is 23.7 Å². The Balaban J connectivity index is 1.47. The van der Waals surface area contributed by atoms with Gasteiger partial charge >= 0.3 is 0 Å². The van der Waals surface area contributed by atoms with Gasteiger partial charge in [-0.05, 0) is 42.7 Å². The minimum Gasteiger partial charge on any atom is -0.484 e. The lowest BCUT2D eigenvalue weighted by Crippen LogP contribution is -2.29. The van der Waals surface area contributed by atoms with Crippen molar-refractivity contribution < 1.29 is 19.1 Å². The van der Waals surface area contributed by atoms with Crippen LogP contribution in [0.1, 0.15) is 39.1 Å². The summed E-state index contributed by atoms with van der Waals surface area (Å²) in [6, 6.07) is 14.1. The highest BCUT2D eigenvalue weighted by Gasteiger charge is 2.23. The van der Waals surface area contributed by atoms with Crippen LogP contribution in [0.15, 0.2) is 48.5 Å². The van der Waals surface area contributed by atoms with E-state index in [0.717, 1.165) is 24.7 Å². The highest BCUT2D eigenvalue weighted by Crippen LogP contribution is 2.19. The van der Waals surface area contributed by atoms with Crippen molar-refractivity contribution in [1.29, 1.82) is 0 Å². The van der Waals surface area contributed by atoms with E-state index in [1.54, 1.807) is 42.5 Å². The molecule has 0 aromatic heterocycles. The van der Waals surface area contributed by atoms with E-state index in [1.165, 1.54) is 0 Å². The highest BCUT2D eigenvalue weighted by atomic mass is 16.5. The largest absolute Gasteiger partial charge is 0.484 e. The SMILES string of the molecule is O=Cc1cccc(OCC(=O)NCc2cccc(C(=O)NC3CC3)c2)c1. The molecule has 6 nitrogen and oxygen atoms in total. The summed E-state index contributed by atoms with van der Waals surface area (Å²) < 4.78 is 5.38. The Morgan fingerprint density at radius 2 is 1.92 bits per heavy atom. The summed E-state index contributed by atoms with van der Waals surface area (Å²) in [6.45, 7) is 0.158. The summed E-state index contributed by atoms with van der Waals surface area (Å²) in [5.41, 5.74) is 1.92. The quantitative estimate of drug-likeness (QED) is 0.713. The monoisotopic (exact) mass is 352 g/mol. The zero-order chi connectivity index (χ0) is 18.4. The Labute approximate surface area is 151 Å². The maximum atomic E-state index is 12.1. The molecule has 0 atom stereocenters. The minimum absolute atomic E-state index is 0.0842. The van der Waals surface area contributed by atoms with Crippen LogP contribution >= 0.6 is 0 Å². The standard InChI is InChI=1S/C20H20N2O4/c23-12-15-4-2-6-18(10-15)26-13-19(24)21-11-14-3-1-5-16(9-14)20(25)22-17-7-8-17/h1-6,9-10,12,17H,7-8,11,13H2,(H,21,24)(H,22,25). The van der Waals surface area contributed by atoms with Crippen molar-refractivity contribution >= 4 is 18.1 Å². The number of benzene rings is 2. The lowest BCUT2D eigenvalue weighted by atomic mass is 10.1. The van der Waals surface area contributed by atoms with Crippen molar-refractivity contribution in [1.82, 2.24) is 10.6 Å². The summed E-state index contributed by atoms with van der Waals surface area (Å²) in [4.78, 5) is 34.7. The average Bonchev–Trinajstić information content (AvgIpc) is 3.49. The molecule has 26 heavy (non-hydrogen) atoms. The Bertz CT molecular complexity index is 815. The molecular weight excluding hydrogens is 332 g/mol. The molecule has 0 heterocycles. The van der Waals surface area contributed by atoms with Crippen LogP contribution in [0.3, 0.4) is 0 Å². The first-order valence-electron chi connectivity index (χ1n) is 8.48. The van der Waals surface area contributed by atoms with Gasteiger partial charge in [0.15, 0.2) is 6.61 Å². The number of hydrogen-bond donors (Lipinski definition) is 2. The van der Waals surface area contributed by atoms with E-state index in [-0.39, 0.29) is 18.4 Å². The van der Waals surface area contributed by atoms with Gasteiger partial charge in [0.1, 0.15) is 12.0 Å². The van der Waals surface area contributed by atoms with Crippen LogP contribution in [0.4, 0.5) is 0 Å². The first-order chi connectivity index (χ1) is 12.6. The van der Waals surface area contributed by atoms with Crippen molar-refractivity contribution in [3.05, 3.63) is 65.2 Å². The topological polar surface area (TPSA) is 84.5 Å². The molecule has 0 bridgehead atoms. The molecule has 1 aliphatic rings. The van der Waals surface area contributed by atoms with Gasteiger partial charge in [0.25, 0.3) is 11.8 Å². The molecule has 2 aromatic rings. The lowest BCUT2D eigenvalue weighted by Gasteiger charge is -2.09. The molecule has 6 heteroatoms. The van der Waals surface area contributed by atoms with Crippen molar-refractivity contribution in [3.8, 4) is 5.75 Å². The van der Waals surface area contributed by atoms with Crippen LogP contribution in [0.2, 0.25) is 0 Å². The van der Waals surface area contributed by atoms with Gasteiger partial charge in [-0.2, -0.15) is 0 Å². The third kappa shape index (κ3) is 5.17. The predicted molar refractivity (Wildman–Crippen MR) is 96.1 cm³/mol.